The second kappa shape index (κ2) is 9.70. The number of nitrogens with one attached hydrogen (secondary N) is 1. The highest BCUT2D eigenvalue weighted by Crippen LogP contribution is 2.31. The van der Waals surface area contributed by atoms with E-state index in [0.717, 1.165) is 35.5 Å². The van der Waals surface area contributed by atoms with Crippen LogP contribution in [0, 0.1) is 6.92 Å². The van der Waals surface area contributed by atoms with Crippen molar-refractivity contribution in [1.82, 2.24) is 14.9 Å². The Balaban J connectivity index is 1.43. The van der Waals surface area contributed by atoms with E-state index < -0.39 is 11.7 Å². The quantitative estimate of drug-likeness (QED) is 0.557. The Hall–Kier alpha value is -3.62. The van der Waals surface area contributed by atoms with Crippen molar-refractivity contribution >= 4 is 17.5 Å². The first-order valence-electron chi connectivity index (χ1n) is 11.2. The van der Waals surface area contributed by atoms with Gasteiger partial charge >= 0.3 is 12.2 Å². The predicted molar refractivity (Wildman–Crippen MR) is 126 cm³/mol. The maximum Gasteiger partial charge on any atom is 0.416 e. The predicted octanol–water partition coefficient (Wildman–Crippen LogP) is 5.39. The van der Waals surface area contributed by atoms with Crippen LogP contribution in [-0.2, 0) is 12.6 Å². The number of hydrogen-bond donors (Lipinski definition) is 1. The molecule has 1 aromatic heterocycles. The van der Waals surface area contributed by atoms with Gasteiger partial charge in [0.1, 0.15) is 5.82 Å². The molecule has 0 saturated carbocycles. The number of amides is 2. The number of piperazine rings is 1. The first-order valence-corrected chi connectivity index (χ1v) is 11.2. The van der Waals surface area contributed by atoms with E-state index in [1.165, 1.54) is 12.1 Å². The highest BCUT2D eigenvalue weighted by atomic mass is 19.4. The van der Waals surface area contributed by atoms with Gasteiger partial charge in [-0.1, -0.05) is 37.3 Å². The number of hydrogen-bond acceptors (Lipinski definition) is 4. The maximum absolute atomic E-state index is 12.9. The van der Waals surface area contributed by atoms with Crippen LogP contribution in [0.4, 0.5) is 29.5 Å². The van der Waals surface area contributed by atoms with Crippen LogP contribution in [0.5, 0.6) is 0 Å². The standard InChI is InChI=1S/C25H26F3N5O/c1-3-18-6-4-5-7-21(18)30-24(34)33-14-12-32(13-15-33)22-16-17(2)29-23(31-22)19-8-10-20(11-9-19)25(26,27)28/h4-11,16H,3,12-15H2,1-2H3,(H,30,34). The monoisotopic (exact) mass is 469 g/mol. The van der Waals surface area contributed by atoms with Gasteiger partial charge < -0.3 is 15.1 Å². The van der Waals surface area contributed by atoms with E-state index in [9.17, 15) is 18.0 Å². The molecule has 6 nitrogen and oxygen atoms in total. The summed E-state index contributed by atoms with van der Waals surface area (Å²) in [6.45, 7) is 6.11. The number of alkyl halides is 3. The Labute approximate surface area is 196 Å². The van der Waals surface area contributed by atoms with Gasteiger partial charge in [0, 0.05) is 49.2 Å². The van der Waals surface area contributed by atoms with Gasteiger partial charge in [0.15, 0.2) is 5.82 Å². The average molecular weight is 470 g/mol. The molecule has 2 amide bonds. The minimum absolute atomic E-state index is 0.134. The molecule has 34 heavy (non-hydrogen) atoms. The summed E-state index contributed by atoms with van der Waals surface area (Å²) in [5, 5.41) is 3.00. The number of nitrogens with zero attached hydrogens (tertiary/aromatic N) is 4. The fourth-order valence-electron chi connectivity index (χ4n) is 3.93. The highest BCUT2D eigenvalue weighted by Gasteiger charge is 2.30. The molecule has 1 aliphatic heterocycles. The minimum Gasteiger partial charge on any atom is -0.353 e. The molecule has 2 heterocycles. The van der Waals surface area contributed by atoms with Crippen LogP contribution in [0.3, 0.4) is 0 Å². The Morgan fingerprint density at radius 1 is 1.00 bits per heavy atom. The molecule has 0 aliphatic carbocycles. The van der Waals surface area contributed by atoms with Crippen molar-refractivity contribution in [1.29, 1.82) is 0 Å². The zero-order valence-electron chi connectivity index (χ0n) is 19.1. The summed E-state index contributed by atoms with van der Waals surface area (Å²) in [6, 6.07) is 14.3. The van der Waals surface area contributed by atoms with Crippen molar-refractivity contribution in [2.24, 2.45) is 0 Å². The van der Waals surface area contributed by atoms with Gasteiger partial charge in [-0.05, 0) is 37.1 Å². The number of rotatable bonds is 4. The van der Waals surface area contributed by atoms with Gasteiger partial charge in [0.2, 0.25) is 0 Å². The fourth-order valence-corrected chi connectivity index (χ4v) is 3.93. The van der Waals surface area contributed by atoms with Gasteiger partial charge in [-0.25, -0.2) is 14.8 Å². The summed E-state index contributed by atoms with van der Waals surface area (Å²) in [4.78, 5) is 25.6. The molecule has 3 aromatic rings. The fraction of sp³-hybridized carbons (Fsp3) is 0.320. The molecule has 9 heteroatoms. The summed E-state index contributed by atoms with van der Waals surface area (Å²) >= 11 is 0. The van der Waals surface area contributed by atoms with Crippen LogP contribution in [0.15, 0.2) is 54.6 Å². The van der Waals surface area contributed by atoms with Crippen molar-refractivity contribution in [3.63, 3.8) is 0 Å². The van der Waals surface area contributed by atoms with Crippen molar-refractivity contribution < 1.29 is 18.0 Å². The minimum atomic E-state index is -4.39. The largest absolute Gasteiger partial charge is 0.416 e. The third-order valence-corrected chi connectivity index (χ3v) is 5.84. The lowest BCUT2D eigenvalue weighted by molar-refractivity contribution is -0.137. The van der Waals surface area contributed by atoms with E-state index in [1.807, 2.05) is 44.2 Å². The number of urea groups is 1. The summed E-state index contributed by atoms with van der Waals surface area (Å²) in [5.41, 5.74) is 2.44. The molecule has 0 radical (unpaired) electrons. The molecule has 1 N–H and O–H groups in total. The summed E-state index contributed by atoms with van der Waals surface area (Å²) in [5.74, 6) is 1.07. The van der Waals surface area contributed by atoms with Gasteiger partial charge in [-0.3, -0.25) is 0 Å². The number of aromatic nitrogens is 2. The van der Waals surface area contributed by atoms with E-state index in [2.05, 4.69) is 20.2 Å². The topological polar surface area (TPSA) is 61.4 Å². The molecular formula is C25H26F3N5O. The Morgan fingerprint density at radius 3 is 2.32 bits per heavy atom. The zero-order chi connectivity index (χ0) is 24.3. The molecular weight excluding hydrogens is 443 g/mol. The van der Waals surface area contributed by atoms with E-state index in [-0.39, 0.29) is 6.03 Å². The number of benzene rings is 2. The van der Waals surface area contributed by atoms with Crippen molar-refractivity contribution in [3.8, 4) is 11.4 Å². The van der Waals surface area contributed by atoms with Crippen LogP contribution < -0.4 is 10.2 Å². The molecule has 0 bridgehead atoms. The van der Waals surface area contributed by atoms with E-state index in [1.54, 1.807) is 4.90 Å². The second-order valence-electron chi connectivity index (χ2n) is 8.18. The van der Waals surface area contributed by atoms with E-state index >= 15 is 0 Å². The first kappa shape index (κ1) is 23.5. The number of halogens is 3. The lowest BCUT2D eigenvalue weighted by atomic mass is 10.1. The van der Waals surface area contributed by atoms with Crippen LogP contribution in [-0.4, -0.2) is 47.1 Å². The SMILES string of the molecule is CCc1ccccc1NC(=O)N1CCN(c2cc(C)nc(-c3ccc(C(F)(F)F)cc3)n2)CC1. The normalized spacial score (nSPS) is 14.3. The number of anilines is 2. The van der Waals surface area contributed by atoms with Crippen LogP contribution >= 0.6 is 0 Å². The van der Waals surface area contributed by atoms with E-state index in [0.29, 0.717) is 43.4 Å². The lowest BCUT2D eigenvalue weighted by Crippen LogP contribution is -2.50. The number of carbonyl (C=O) groups excluding carboxylic acids is 1. The van der Waals surface area contributed by atoms with E-state index in [4.69, 9.17) is 0 Å². The zero-order valence-corrected chi connectivity index (χ0v) is 19.1. The summed E-state index contributed by atoms with van der Waals surface area (Å²) in [7, 11) is 0. The Morgan fingerprint density at radius 2 is 1.68 bits per heavy atom. The molecule has 178 valence electrons. The number of para-hydroxylation sites is 1. The average Bonchev–Trinajstić information content (AvgIpc) is 2.83. The summed E-state index contributed by atoms with van der Waals surface area (Å²) in [6.07, 6.45) is -3.56. The lowest BCUT2D eigenvalue weighted by Gasteiger charge is -2.35. The third kappa shape index (κ3) is 5.30. The molecule has 2 aromatic carbocycles. The molecule has 1 fully saturated rings. The highest BCUT2D eigenvalue weighted by molar-refractivity contribution is 5.90. The molecule has 0 spiro atoms. The van der Waals surface area contributed by atoms with Gasteiger partial charge in [0.25, 0.3) is 0 Å². The van der Waals surface area contributed by atoms with Crippen molar-refractivity contribution in [2.75, 3.05) is 36.4 Å². The Bertz CT molecular complexity index is 1160. The Kier molecular flexibility index (Phi) is 6.72. The molecule has 4 rings (SSSR count). The van der Waals surface area contributed by atoms with Crippen LogP contribution in [0.25, 0.3) is 11.4 Å². The number of carbonyl (C=O) groups is 1. The second-order valence-corrected chi connectivity index (χ2v) is 8.18. The third-order valence-electron chi connectivity index (χ3n) is 5.84. The molecule has 0 unspecified atom stereocenters. The molecule has 0 atom stereocenters. The van der Waals surface area contributed by atoms with Crippen LogP contribution in [0.2, 0.25) is 0 Å². The molecule has 1 aliphatic rings. The van der Waals surface area contributed by atoms with Gasteiger partial charge in [0.05, 0.1) is 5.56 Å². The van der Waals surface area contributed by atoms with Crippen molar-refractivity contribution in [3.05, 3.63) is 71.4 Å². The molecule has 1 saturated heterocycles. The van der Waals surface area contributed by atoms with Crippen LogP contribution in [0.1, 0.15) is 23.7 Å². The number of aryl methyl sites for hydroxylation is 2. The maximum atomic E-state index is 12.9. The van der Waals surface area contributed by atoms with Gasteiger partial charge in [-0.2, -0.15) is 13.2 Å². The smallest absolute Gasteiger partial charge is 0.353 e. The first-order chi connectivity index (χ1) is 16.2. The summed E-state index contributed by atoms with van der Waals surface area (Å²) < 4.78 is 38.6. The van der Waals surface area contributed by atoms with Crippen molar-refractivity contribution in [2.45, 2.75) is 26.4 Å². The van der Waals surface area contributed by atoms with Gasteiger partial charge in [-0.15, -0.1) is 0 Å².